The zero-order chi connectivity index (χ0) is 32.4. The van der Waals surface area contributed by atoms with E-state index >= 15 is 0 Å². The van der Waals surface area contributed by atoms with Crippen LogP contribution in [0.15, 0.2) is 63.9 Å². The first-order valence-corrected chi connectivity index (χ1v) is 15.7. The van der Waals surface area contributed by atoms with Gasteiger partial charge in [-0.2, -0.15) is 5.26 Å². The number of halogens is 1. The van der Waals surface area contributed by atoms with Crippen molar-refractivity contribution in [2.24, 2.45) is 0 Å². The molecular formula is C34H35ClN8O3. The molecule has 0 bridgehead atoms. The number of aromatic nitrogens is 4. The van der Waals surface area contributed by atoms with E-state index in [9.17, 15) is 15.2 Å². The normalized spacial score (nSPS) is 15.1. The molecule has 0 radical (unpaired) electrons. The van der Waals surface area contributed by atoms with Gasteiger partial charge in [0.05, 0.1) is 27.7 Å². The second-order valence-electron chi connectivity index (χ2n) is 11.6. The van der Waals surface area contributed by atoms with E-state index in [1.54, 1.807) is 26.0 Å². The van der Waals surface area contributed by atoms with Gasteiger partial charge in [-0.3, -0.25) is 14.7 Å². The monoisotopic (exact) mass is 638 g/mol. The van der Waals surface area contributed by atoms with Gasteiger partial charge >= 0.3 is 0 Å². The number of fused-ring (bicyclic) bond motifs is 1. The predicted octanol–water partition coefficient (Wildman–Crippen LogP) is 5.23. The molecule has 1 aliphatic heterocycles. The number of aliphatic hydroxyl groups excluding tert-OH is 1. The van der Waals surface area contributed by atoms with Crippen LogP contribution in [0.25, 0.3) is 22.5 Å². The maximum atomic E-state index is 12.3. The molecule has 0 spiro atoms. The first-order valence-electron chi connectivity index (χ1n) is 15.3. The second-order valence-corrected chi connectivity index (χ2v) is 12.0. The minimum absolute atomic E-state index is 0.0467. The Morgan fingerprint density at radius 2 is 1.89 bits per heavy atom. The number of nitriles is 1. The molecule has 46 heavy (non-hydrogen) atoms. The molecule has 0 saturated carbocycles. The lowest BCUT2D eigenvalue weighted by molar-refractivity contribution is 0.159. The highest BCUT2D eigenvalue weighted by Crippen LogP contribution is 2.32. The van der Waals surface area contributed by atoms with Crippen LogP contribution in [0.4, 0.5) is 11.4 Å². The van der Waals surface area contributed by atoms with Crippen molar-refractivity contribution >= 4 is 34.0 Å². The van der Waals surface area contributed by atoms with Crippen LogP contribution in [-0.2, 0) is 13.0 Å². The van der Waals surface area contributed by atoms with Gasteiger partial charge in [-0.15, -0.1) is 10.2 Å². The van der Waals surface area contributed by atoms with Crippen molar-refractivity contribution in [2.45, 2.75) is 45.9 Å². The molecule has 0 unspecified atom stereocenters. The third-order valence-corrected chi connectivity index (χ3v) is 8.96. The highest BCUT2D eigenvalue weighted by Gasteiger charge is 2.26. The summed E-state index contributed by atoms with van der Waals surface area (Å²) in [5, 5.41) is 31.8. The summed E-state index contributed by atoms with van der Waals surface area (Å²) in [5.41, 5.74) is 6.98. The number of nitrogens with zero attached hydrogens (tertiary/aromatic N) is 6. The Hall–Kier alpha value is -4.76. The Morgan fingerprint density at radius 1 is 1.13 bits per heavy atom. The van der Waals surface area contributed by atoms with Crippen LogP contribution >= 0.6 is 11.6 Å². The minimum atomic E-state index is -0.848. The van der Waals surface area contributed by atoms with Gasteiger partial charge < -0.3 is 24.7 Å². The van der Waals surface area contributed by atoms with E-state index < -0.39 is 12.1 Å². The summed E-state index contributed by atoms with van der Waals surface area (Å²) in [6.07, 6.45) is 1.73. The van der Waals surface area contributed by atoms with Crippen LogP contribution in [-0.4, -0.2) is 62.5 Å². The molecule has 12 heteroatoms. The van der Waals surface area contributed by atoms with Gasteiger partial charge in [0.15, 0.2) is 0 Å². The molecular weight excluding hydrogens is 604 g/mol. The maximum Gasteiger partial charge on any atom is 0.251 e. The van der Waals surface area contributed by atoms with Crippen molar-refractivity contribution in [3.8, 4) is 17.5 Å². The van der Waals surface area contributed by atoms with Crippen molar-refractivity contribution < 1.29 is 9.52 Å². The molecule has 2 atom stereocenters. The summed E-state index contributed by atoms with van der Waals surface area (Å²) in [7, 11) is 0. The Morgan fingerprint density at radius 3 is 2.59 bits per heavy atom. The highest BCUT2D eigenvalue weighted by molar-refractivity contribution is 6.32. The highest BCUT2D eigenvalue weighted by atomic mass is 35.5. The first-order chi connectivity index (χ1) is 22.2. The molecule has 0 aliphatic carbocycles. The number of H-pyrrole nitrogens is 1. The van der Waals surface area contributed by atoms with Gasteiger partial charge in [0.1, 0.15) is 12.1 Å². The molecule has 0 amide bonds. The number of aromatic amines is 1. The maximum absolute atomic E-state index is 12.3. The number of nitrogens with one attached hydrogen (secondary N) is 2. The van der Waals surface area contributed by atoms with Crippen molar-refractivity contribution in [1.82, 2.24) is 25.1 Å². The molecule has 6 rings (SSSR count). The number of benzene rings is 2. The lowest BCUT2D eigenvalue weighted by Crippen LogP contribution is -2.45. The molecule has 1 saturated heterocycles. The van der Waals surface area contributed by atoms with E-state index in [4.69, 9.17) is 16.0 Å². The van der Waals surface area contributed by atoms with Gasteiger partial charge in [-0.25, -0.2) is 0 Å². The standard InChI is InChI=1S/C34H35ClN8O3/c1-4-23-16-28-29(39-32(23)45)15-22(18-37-28)19-42-11-13-43(14-12-42)26-8-5-24(6-9-26)33-40-41-34(46-33)31(21(3)44)38-27-10-7-25(17-36)30(35)20(27)2/h5-10,15-16,18,21,31,38,44H,4,11-14,19H2,1-3H3,(H,39,45)/t21-,31+/m0/s1. The zero-order valence-corrected chi connectivity index (χ0v) is 26.7. The van der Waals surface area contributed by atoms with E-state index in [2.05, 4.69) is 53.5 Å². The van der Waals surface area contributed by atoms with Gasteiger partial charge in [-0.05, 0) is 79.9 Å². The van der Waals surface area contributed by atoms with Gasteiger partial charge in [0.2, 0.25) is 11.8 Å². The summed E-state index contributed by atoms with van der Waals surface area (Å²) in [6, 6.07) is 16.7. The third-order valence-electron chi connectivity index (χ3n) is 8.47. The molecule has 236 valence electrons. The van der Waals surface area contributed by atoms with Crippen LogP contribution in [0.1, 0.15) is 48.0 Å². The van der Waals surface area contributed by atoms with Crippen molar-refractivity contribution in [1.29, 1.82) is 5.26 Å². The average molecular weight is 639 g/mol. The van der Waals surface area contributed by atoms with E-state index in [0.717, 1.165) is 66.1 Å². The zero-order valence-electron chi connectivity index (χ0n) is 25.9. The van der Waals surface area contributed by atoms with Crippen molar-refractivity contribution in [2.75, 3.05) is 36.4 Å². The predicted molar refractivity (Wildman–Crippen MR) is 178 cm³/mol. The average Bonchev–Trinajstić information content (AvgIpc) is 3.55. The molecule has 5 aromatic rings. The molecule has 3 aromatic heterocycles. The number of aliphatic hydroxyl groups is 1. The molecule has 1 aliphatic rings. The Labute approximate surface area is 271 Å². The molecule has 3 N–H and O–H groups in total. The molecule has 11 nitrogen and oxygen atoms in total. The topological polar surface area (TPSA) is 147 Å². The van der Waals surface area contributed by atoms with Crippen LogP contribution in [0.5, 0.6) is 0 Å². The first kappa shape index (κ1) is 31.2. The van der Waals surface area contributed by atoms with Gasteiger partial charge in [0, 0.05) is 61.4 Å². The van der Waals surface area contributed by atoms with Gasteiger partial charge in [0.25, 0.3) is 5.56 Å². The molecule has 1 fully saturated rings. The lowest BCUT2D eigenvalue weighted by atomic mass is 10.1. The van der Waals surface area contributed by atoms with Crippen LogP contribution in [0.2, 0.25) is 5.02 Å². The van der Waals surface area contributed by atoms with Gasteiger partial charge in [-0.1, -0.05) is 18.5 Å². The number of hydrogen-bond donors (Lipinski definition) is 3. The van der Waals surface area contributed by atoms with E-state index in [0.29, 0.717) is 34.1 Å². The second kappa shape index (κ2) is 13.3. The smallest absolute Gasteiger partial charge is 0.251 e. The fourth-order valence-electron chi connectivity index (χ4n) is 5.71. The van der Waals surface area contributed by atoms with E-state index in [1.807, 2.05) is 37.4 Å². The van der Waals surface area contributed by atoms with Crippen LogP contribution in [0, 0.1) is 18.3 Å². The fraction of sp³-hybridized carbons (Fsp3) is 0.324. The number of piperazine rings is 1. The van der Waals surface area contributed by atoms with Crippen LogP contribution < -0.4 is 15.8 Å². The summed E-state index contributed by atoms with van der Waals surface area (Å²) in [4.78, 5) is 24.6. The van der Waals surface area contributed by atoms with E-state index in [1.165, 1.54) is 0 Å². The molecule has 2 aromatic carbocycles. The largest absolute Gasteiger partial charge is 0.418 e. The SMILES string of the molecule is CCc1cc2ncc(CN3CCN(c4ccc(-c5nnc([C@H](Nc6ccc(C#N)c(Cl)c6C)[C@H](C)O)o5)cc4)CC3)cc2[nH]c1=O. The van der Waals surface area contributed by atoms with E-state index in [-0.39, 0.29) is 11.4 Å². The quantitative estimate of drug-likeness (QED) is 0.196. The summed E-state index contributed by atoms with van der Waals surface area (Å²) in [6.45, 7) is 9.73. The van der Waals surface area contributed by atoms with Crippen molar-refractivity contribution in [3.05, 3.63) is 98.2 Å². The summed E-state index contributed by atoms with van der Waals surface area (Å²) >= 11 is 6.34. The number of hydrogen-bond acceptors (Lipinski definition) is 10. The number of anilines is 2. The summed E-state index contributed by atoms with van der Waals surface area (Å²) < 4.78 is 6.01. The fourth-order valence-corrected chi connectivity index (χ4v) is 5.92. The lowest BCUT2D eigenvalue weighted by Gasteiger charge is -2.36. The minimum Gasteiger partial charge on any atom is -0.418 e. The number of pyridine rings is 2. The molecule has 4 heterocycles. The Balaban J connectivity index is 1.08. The van der Waals surface area contributed by atoms with Crippen LogP contribution in [0.3, 0.4) is 0 Å². The Bertz CT molecular complexity index is 1960. The summed E-state index contributed by atoms with van der Waals surface area (Å²) in [5.74, 6) is 0.591. The van der Waals surface area contributed by atoms with Crippen molar-refractivity contribution in [3.63, 3.8) is 0 Å². The Kier molecular flexibility index (Phi) is 9.03. The number of rotatable bonds is 9. The third kappa shape index (κ3) is 6.46. The number of aryl methyl sites for hydroxylation is 1.